The fourth-order valence-corrected chi connectivity index (χ4v) is 4.69. The molecule has 0 N–H and O–H groups in total. The van der Waals surface area contributed by atoms with Gasteiger partial charge >= 0.3 is 0 Å². The van der Waals surface area contributed by atoms with Crippen LogP contribution in [-0.4, -0.2) is 86.7 Å². The highest BCUT2D eigenvalue weighted by molar-refractivity contribution is 5.49. The minimum Gasteiger partial charge on any atom is -0.371 e. The minimum absolute atomic E-state index is 0.846. The number of benzene rings is 1. The molecule has 0 saturated carbocycles. The molecule has 0 atom stereocenters. The highest BCUT2D eigenvalue weighted by Crippen LogP contribution is 2.26. The van der Waals surface area contributed by atoms with E-state index in [0.29, 0.717) is 0 Å². The van der Waals surface area contributed by atoms with Gasteiger partial charge in [-0.15, -0.1) is 0 Å². The predicted molar refractivity (Wildman–Crippen MR) is 105 cm³/mol. The molecular weight excluding hydrogens is 308 g/mol. The Hall–Kier alpha value is -1.10. The largest absolute Gasteiger partial charge is 0.371 e. The molecule has 3 saturated heterocycles. The molecule has 3 fully saturated rings. The second kappa shape index (κ2) is 7.65. The molecule has 0 radical (unpaired) electrons. The fourth-order valence-electron chi connectivity index (χ4n) is 4.69. The Morgan fingerprint density at radius 3 is 2.16 bits per heavy atom. The van der Waals surface area contributed by atoms with Crippen LogP contribution in [0.15, 0.2) is 24.3 Å². The molecule has 0 aliphatic carbocycles. The summed E-state index contributed by atoms with van der Waals surface area (Å²) in [6.07, 6.45) is 2.73. The number of rotatable bonds is 4. The van der Waals surface area contributed by atoms with Gasteiger partial charge in [-0.2, -0.15) is 0 Å². The van der Waals surface area contributed by atoms with E-state index in [2.05, 4.69) is 57.8 Å². The highest BCUT2D eigenvalue weighted by Gasteiger charge is 2.31. The number of hydrogen-bond donors (Lipinski definition) is 0. The van der Waals surface area contributed by atoms with Gasteiger partial charge in [0.05, 0.1) is 0 Å². The smallest absolute Gasteiger partial charge is 0.0366 e. The average Bonchev–Trinajstić information content (AvgIpc) is 2.60. The van der Waals surface area contributed by atoms with Crippen LogP contribution < -0.4 is 4.90 Å². The molecule has 25 heavy (non-hydrogen) atoms. The number of likely N-dealkylation sites (tertiary alicyclic amines) is 1. The molecule has 3 aliphatic rings. The number of piperazine rings is 1. The molecule has 1 aromatic rings. The molecule has 0 amide bonds. The highest BCUT2D eigenvalue weighted by atomic mass is 15.3. The molecule has 1 aromatic carbocycles. The topological polar surface area (TPSA) is 13.0 Å². The third-order valence-electron chi connectivity index (χ3n) is 6.48. The lowest BCUT2D eigenvalue weighted by molar-refractivity contribution is 0.0563. The van der Waals surface area contributed by atoms with E-state index in [0.717, 1.165) is 12.0 Å². The predicted octanol–water partition coefficient (Wildman–Crippen LogP) is 2.14. The minimum atomic E-state index is 0.846. The monoisotopic (exact) mass is 342 g/mol. The van der Waals surface area contributed by atoms with Crippen LogP contribution in [0.2, 0.25) is 0 Å². The van der Waals surface area contributed by atoms with Gasteiger partial charge in [0.1, 0.15) is 0 Å². The molecule has 3 heterocycles. The van der Waals surface area contributed by atoms with Crippen LogP contribution in [0, 0.1) is 12.8 Å². The summed E-state index contributed by atoms with van der Waals surface area (Å²) in [5, 5.41) is 0. The van der Waals surface area contributed by atoms with Crippen molar-refractivity contribution in [2.24, 2.45) is 5.92 Å². The van der Waals surface area contributed by atoms with E-state index in [1.807, 2.05) is 0 Å². The number of piperidine rings is 1. The number of nitrogens with zero attached hydrogens (tertiary/aromatic N) is 4. The molecule has 0 unspecified atom stereocenters. The van der Waals surface area contributed by atoms with Crippen molar-refractivity contribution in [2.45, 2.75) is 25.8 Å². The van der Waals surface area contributed by atoms with Crippen LogP contribution in [0.25, 0.3) is 0 Å². The molecule has 0 aromatic heterocycles. The van der Waals surface area contributed by atoms with Crippen molar-refractivity contribution in [1.82, 2.24) is 14.7 Å². The van der Waals surface area contributed by atoms with E-state index in [-0.39, 0.29) is 0 Å². The summed E-state index contributed by atoms with van der Waals surface area (Å²) in [6, 6.07) is 9.84. The number of hydrogen-bond acceptors (Lipinski definition) is 4. The van der Waals surface area contributed by atoms with Crippen LogP contribution in [0.4, 0.5) is 5.69 Å². The van der Waals surface area contributed by atoms with E-state index in [1.165, 1.54) is 83.0 Å². The van der Waals surface area contributed by atoms with Crippen LogP contribution >= 0.6 is 0 Å². The summed E-state index contributed by atoms with van der Waals surface area (Å²) in [5.74, 6) is 0.858. The lowest BCUT2D eigenvalue weighted by atomic mass is 9.97. The van der Waals surface area contributed by atoms with Gasteiger partial charge in [0.25, 0.3) is 0 Å². The van der Waals surface area contributed by atoms with Crippen molar-refractivity contribution < 1.29 is 0 Å². The van der Waals surface area contributed by atoms with Gasteiger partial charge in [-0.1, -0.05) is 17.7 Å². The summed E-state index contributed by atoms with van der Waals surface area (Å²) in [7, 11) is 2.26. The lowest BCUT2D eigenvalue weighted by Crippen LogP contribution is -2.56. The lowest BCUT2D eigenvalue weighted by Gasteiger charge is -2.46. The molecule has 4 nitrogen and oxygen atoms in total. The van der Waals surface area contributed by atoms with Gasteiger partial charge < -0.3 is 14.7 Å². The van der Waals surface area contributed by atoms with Gasteiger partial charge in [0.2, 0.25) is 0 Å². The Kier molecular flexibility index (Phi) is 5.30. The van der Waals surface area contributed by atoms with Gasteiger partial charge in [-0.05, 0) is 52.0 Å². The Morgan fingerprint density at radius 2 is 1.52 bits per heavy atom. The summed E-state index contributed by atoms with van der Waals surface area (Å²) in [6.45, 7) is 13.6. The molecule has 0 bridgehead atoms. The van der Waals surface area contributed by atoms with Crippen LogP contribution in [0.5, 0.6) is 0 Å². The third kappa shape index (κ3) is 4.18. The summed E-state index contributed by atoms with van der Waals surface area (Å²) >= 11 is 0. The van der Waals surface area contributed by atoms with E-state index in [9.17, 15) is 0 Å². The Balaban J connectivity index is 1.17. The Bertz CT molecular complexity index is 536. The maximum atomic E-state index is 2.77. The van der Waals surface area contributed by atoms with Crippen LogP contribution in [0.1, 0.15) is 18.4 Å². The van der Waals surface area contributed by atoms with E-state index >= 15 is 0 Å². The van der Waals surface area contributed by atoms with Crippen molar-refractivity contribution in [1.29, 1.82) is 0 Å². The first-order valence-electron chi connectivity index (χ1n) is 10.1. The second-order valence-electron chi connectivity index (χ2n) is 8.48. The zero-order valence-electron chi connectivity index (χ0n) is 16.0. The maximum Gasteiger partial charge on any atom is 0.0366 e. The van der Waals surface area contributed by atoms with Crippen molar-refractivity contribution in [3.8, 4) is 0 Å². The Morgan fingerprint density at radius 1 is 0.880 bits per heavy atom. The zero-order valence-corrected chi connectivity index (χ0v) is 16.0. The standard InChI is InChI=1S/C21H34N4/c1-18-3-5-20(6-4-18)25-16-19(17-25)15-23-11-13-24(14-12-23)21-7-9-22(2)10-8-21/h3-6,19,21H,7-17H2,1-2H3. The molecule has 0 spiro atoms. The van der Waals surface area contributed by atoms with Crippen molar-refractivity contribution in [3.05, 3.63) is 29.8 Å². The summed E-state index contributed by atoms with van der Waals surface area (Å²) in [5.41, 5.74) is 2.75. The van der Waals surface area contributed by atoms with Crippen molar-refractivity contribution in [2.75, 3.05) is 70.9 Å². The second-order valence-corrected chi connectivity index (χ2v) is 8.48. The molecule has 138 valence electrons. The van der Waals surface area contributed by atoms with Gasteiger partial charge in [0.15, 0.2) is 0 Å². The molecule has 4 rings (SSSR count). The first-order chi connectivity index (χ1) is 12.2. The third-order valence-corrected chi connectivity index (χ3v) is 6.48. The SMILES string of the molecule is Cc1ccc(N2CC(CN3CCN(C4CCN(C)CC4)CC3)C2)cc1. The van der Waals surface area contributed by atoms with Crippen LogP contribution in [-0.2, 0) is 0 Å². The van der Waals surface area contributed by atoms with Gasteiger partial charge in [-0.3, -0.25) is 4.90 Å². The van der Waals surface area contributed by atoms with Gasteiger partial charge in [0, 0.05) is 63.5 Å². The quantitative estimate of drug-likeness (QED) is 0.831. The normalized spacial score (nSPS) is 25.3. The van der Waals surface area contributed by atoms with Crippen LogP contribution in [0.3, 0.4) is 0 Å². The van der Waals surface area contributed by atoms with E-state index in [1.54, 1.807) is 0 Å². The summed E-state index contributed by atoms with van der Waals surface area (Å²) < 4.78 is 0. The molecule has 4 heteroatoms. The first-order valence-corrected chi connectivity index (χ1v) is 10.1. The maximum absolute atomic E-state index is 2.77. The Labute approximate surface area is 153 Å². The van der Waals surface area contributed by atoms with Crippen molar-refractivity contribution in [3.63, 3.8) is 0 Å². The van der Waals surface area contributed by atoms with E-state index in [4.69, 9.17) is 0 Å². The molecule has 3 aliphatic heterocycles. The fraction of sp³-hybridized carbons (Fsp3) is 0.714. The van der Waals surface area contributed by atoms with Crippen molar-refractivity contribution >= 4 is 5.69 Å². The average molecular weight is 343 g/mol. The first kappa shape index (κ1) is 17.3. The van der Waals surface area contributed by atoms with Gasteiger partial charge in [-0.25, -0.2) is 0 Å². The molecular formula is C21H34N4. The number of anilines is 1. The van der Waals surface area contributed by atoms with E-state index < -0.39 is 0 Å². The number of aryl methyl sites for hydroxylation is 1. The summed E-state index contributed by atoms with van der Waals surface area (Å²) in [4.78, 5) is 10.5. The zero-order chi connectivity index (χ0) is 17.2.